The zero-order valence-electron chi connectivity index (χ0n) is 18.1. The van der Waals surface area contributed by atoms with Gasteiger partial charge in [0.2, 0.25) is 11.8 Å². The van der Waals surface area contributed by atoms with E-state index < -0.39 is 11.9 Å². The van der Waals surface area contributed by atoms with Gasteiger partial charge in [0.05, 0.1) is 6.33 Å². The van der Waals surface area contributed by atoms with E-state index >= 15 is 0 Å². The normalized spacial score (nSPS) is 15.9. The minimum atomic E-state index is -0.683. The summed E-state index contributed by atoms with van der Waals surface area (Å²) in [4.78, 5) is 31.1. The Balaban J connectivity index is 1.26. The van der Waals surface area contributed by atoms with Crippen molar-refractivity contribution in [1.29, 1.82) is 0 Å². The van der Waals surface area contributed by atoms with Crippen molar-refractivity contribution >= 4 is 11.8 Å². The van der Waals surface area contributed by atoms with Crippen LogP contribution in [0.1, 0.15) is 24.0 Å². The van der Waals surface area contributed by atoms with Crippen LogP contribution in [0.2, 0.25) is 0 Å². The highest BCUT2D eigenvalue weighted by molar-refractivity contribution is 5.87. The van der Waals surface area contributed by atoms with Gasteiger partial charge in [-0.25, -0.2) is 4.98 Å². The summed E-state index contributed by atoms with van der Waals surface area (Å²) in [6.45, 7) is 2.55. The van der Waals surface area contributed by atoms with Crippen LogP contribution in [0.4, 0.5) is 0 Å². The molecule has 2 heterocycles. The summed E-state index contributed by atoms with van der Waals surface area (Å²) in [5.74, 6) is -0.666. The number of benzene rings is 2. The highest BCUT2D eigenvalue weighted by Crippen LogP contribution is 2.20. The highest BCUT2D eigenvalue weighted by Gasteiger charge is 2.28. The van der Waals surface area contributed by atoms with E-state index in [2.05, 4.69) is 39.5 Å². The molecule has 0 aliphatic carbocycles. The van der Waals surface area contributed by atoms with Crippen LogP contribution in [0, 0.1) is 5.92 Å². The number of carbonyl (C=O) groups excluding carboxylic acids is 2. The second-order valence-corrected chi connectivity index (χ2v) is 8.34. The first kappa shape index (κ1) is 21.8. The molecule has 1 aromatic heterocycles. The van der Waals surface area contributed by atoms with E-state index in [1.807, 2.05) is 41.1 Å². The minimum absolute atomic E-state index is 0.0749. The Morgan fingerprint density at radius 2 is 1.75 bits per heavy atom. The number of carbonyl (C=O) groups is 2. The summed E-state index contributed by atoms with van der Waals surface area (Å²) in [5.41, 5.74) is 8.85. The van der Waals surface area contributed by atoms with Gasteiger partial charge in [-0.3, -0.25) is 14.5 Å². The number of piperidine rings is 1. The maximum absolute atomic E-state index is 12.8. The molecule has 1 atom stereocenters. The van der Waals surface area contributed by atoms with Crippen molar-refractivity contribution in [2.75, 3.05) is 13.1 Å². The van der Waals surface area contributed by atoms with Crippen LogP contribution >= 0.6 is 0 Å². The fourth-order valence-corrected chi connectivity index (χ4v) is 4.16. The van der Waals surface area contributed by atoms with E-state index in [4.69, 9.17) is 5.73 Å². The molecule has 0 unspecified atom stereocenters. The molecule has 0 bridgehead atoms. The minimum Gasteiger partial charge on any atom is -0.368 e. The number of aromatic nitrogens is 2. The molecule has 0 saturated carbocycles. The molecule has 7 nitrogen and oxygen atoms in total. The molecule has 2 amide bonds. The molecule has 1 aliphatic rings. The molecule has 3 N–H and O–H groups in total. The molecule has 1 saturated heterocycles. The lowest BCUT2D eigenvalue weighted by Gasteiger charge is -2.32. The van der Waals surface area contributed by atoms with Gasteiger partial charge >= 0.3 is 0 Å². The van der Waals surface area contributed by atoms with Gasteiger partial charge in [-0.2, -0.15) is 0 Å². The van der Waals surface area contributed by atoms with Crippen LogP contribution in [0.3, 0.4) is 0 Å². The van der Waals surface area contributed by atoms with E-state index in [1.54, 1.807) is 12.5 Å². The van der Waals surface area contributed by atoms with Gasteiger partial charge in [-0.1, -0.05) is 42.5 Å². The average molecular weight is 432 g/mol. The average Bonchev–Trinajstić information content (AvgIpc) is 3.35. The SMILES string of the molecule is NC(=O)[C@H](Cc1ccccc1)NC(=O)C1CCN(Cc2ccc(-n3ccnc3)cc2)CC1. The molecule has 7 heteroatoms. The smallest absolute Gasteiger partial charge is 0.240 e. The molecule has 4 rings (SSSR count). The fraction of sp³-hybridized carbons (Fsp3) is 0.320. The van der Waals surface area contributed by atoms with Gasteiger partial charge in [-0.05, 0) is 49.2 Å². The number of amides is 2. The van der Waals surface area contributed by atoms with Crippen molar-refractivity contribution in [3.63, 3.8) is 0 Å². The van der Waals surface area contributed by atoms with Crippen molar-refractivity contribution in [3.8, 4) is 5.69 Å². The number of hydrogen-bond acceptors (Lipinski definition) is 4. The van der Waals surface area contributed by atoms with E-state index in [1.165, 1.54) is 5.56 Å². The van der Waals surface area contributed by atoms with Crippen molar-refractivity contribution in [1.82, 2.24) is 19.8 Å². The van der Waals surface area contributed by atoms with E-state index in [0.29, 0.717) is 6.42 Å². The fourth-order valence-electron chi connectivity index (χ4n) is 4.16. The van der Waals surface area contributed by atoms with Crippen LogP contribution in [-0.4, -0.2) is 45.4 Å². The number of hydrogen-bond donors (Lipinski definition) is 2. The molecule has 0 spiro atoms. The number of nitrogens with two attached hydrogens (primary N) is 1. The monoisotopic (exact) mass is 431 g/mol. The quantitative estimate of drug-likeness (QED) is 0.572. The van der Waals surface area contributed by atoms with Gasteiger partial charge in [0.15, 0.2) is 0 Å². The van der Waals surface area contributed by atoms with Gasteiger partial charge in [0.1, 0.15) is 6.04 Å². The zero-order chi connectivity index (χ0) is 22.3. The van der Waals surface area contributed by atoms with Gasteiger partial charge in [0, 0.05) is 37.0 Å². The van der Waals surface area contributed by atoms with Crippen molar-refractivity contribution in [3.05, 3.63) is 84.4 Å². The van der Waals surface area contributed by atoms with Crippen LogP contribution in [0.15, 0.2) is 73.3 Å². The Morgan fingerprint density at radius 3 is 2.38 bits per heavy atom. The molecule has 1 aliphatic heterocycles. The molecule has 166 valence electrons. The van der Waals surface area contributed by atoms with Crippen LogP contribution < -0.4 is 11.1 Å². The largest absolute Gasteiger partial charge is 0.368 e. The Morgan fingerprint density at radius 1 is 1.03 bits per heavy atom. The Labute approximate surface area is 188 Å². The molecular weight excluding hydrogens is 402 g/mol. The highest BCUT2D eigenvalue weighted by atomic mass is 16.2. The van der Waals surface area contributed by atoms with Crippen molar-refractivity contribution < 1.29 is 9.59 Å². The Bertz CT molecular complexity index is 1010. The Kier molecular flexibility index (Phi) is 6.97. The van der Waals surface area contributed by atoms with E-state index in [9.17, 15) is 9.59 Å². The summed E-state index contributed by atoms with van der Waals surface area (Å²) in [6, 6.07) is 17.4. The summed E-state index contributed by atoms with van der Waals surface area (Å²) < 4.78 is 1.98. The molecule has 32 heavy (non-hydrogen) atoms. The van der Waals surface area contributed by atoms with Crippen molar-refractivity contribution in [2.24, 2.45) is 11.7 Å². The summed E-state index contributed by atoms with van der Waals surface area (Å²) in [5, 5.41) is 2.88. The predicted octanol–water partition coefficient (Wildman–Crippen LogP) is 2.30. The van der Waals surface area contributed by atoms with Crippen molar-refractivity contribution in [2.45, 2.75) is 31.8 Å². The number of nitrogens with one attached hydrogen (secondary N) is 1. The first-order chi connectivity index (χ1) is 15.6. The molecule has 0 radical (unpaired) electrons. The molecular formula is C25H29N5O2. The number of imidazole rings is 1. The van der Waals surface area contributed by atoms with Crippen LogP contribution in [0.5, 0.6) is 0 Å². The summed E-state index contributed by atoms with van der Waals surface area (Å²) in [6.07, 6.45) is 7.43. The third kappa shape index (κ3) is 5.62. The maximum Gasteiger partial charge on any atom is 0.240 e. The van der Waals surface area contributed by atoms with Crippen LogP contribution in [0.25, 0.3) is 5.69 Å². The summed E-state index contributed by atoms with van der Waals surface area (Å²) in [7, 11) is 0. The molecule has 3 aromatic rings. The van der Waals surface area contributed by atoms with Crippen LogP contribution in [-0.2, 0) is 22.6 Å². The number of primary amides is 1. The number of nitrogens with zero attached hydrogens (tertiary/aromatic N) is 3. The lowest BCUT2D eigenvalue weighted by molar-refractivity contribution is -0.131. The second kappa shape index (κ2) is 10.2. The number of rotatable bonds is 8. The zero-order valence-corrected chi connectivity index (χ0v) is 18.1. The molecule has 2 aromatic carbocycles. The maximum atomic E-state index is 12.8. The van der Waals surface area contributed by atoms with Gasteiger partial charge < -0.3 is 15.6 Å². The first-order valence-corrected chi connectivity index (χ1v) is 11.0. The van der Waals surface area contributed by atoms with E-state index in [-0.39, 0.29) is 11.8 Å². The van der Waals surface area contributed by atoms with Gasteiger partial charge in [0.25, 0.3) is 0 Å². The topological polar surface area (TPSA) is 93.2 Å². The van der Waals surface area contributed by atoms with Gasteiger partial charge in [-0.15, -0.1) is 0 Å². The summed E-state index contributed by atoms with van der Waals surface area (Å²) >= 11 is 0. The lowest BCUT2D eigenvalue weighted by Crippen LogP contribution is -2.49. The first-order valence-electron chi connectivity index (χ1n) is 11.0. The predicted molar refractivity (Wildman–Crippen MR) is 123 cm³/mol. The number of likely N-dealkylation sites (tertiary alicyclic amines) is 1. The third-order valence-corrected chi connectivity index (χ3v) is 6.05. The Hall–Kier alpha value is -3.45. The second-order valence-electron chi connectivity index (χ2n) is 8.34. The lowest BCUT2D eigenvalue weighted by atomic mass is 9.94. The third-order valence-electron chi connectivity index (χ3n) is 6.05. The molecule has 1 fully saturated rings. The van der Waals surface area contributed by atoms with E-state index in [0.717, 1.165) is 43.7 Å². The standard InChI is InChI=1S/C25H29N5O2/c26-24(31)23(16-19-4-2-1-3-5-19)28-25(32)21-10-13-29(14-11-21)17-20-6-8-22(9-7-20)30-15-12-27-18-30/h1-9,12,15,18,21,23H,10-11,13-14,16-17H2,(H2,26,31)(H,28,32)/t23-/m0/s1.